The van der Waals surface area contributed by atoms with Crippen LogP contribution in [0.2, 0.25) is 0 Å². The predicted octanol–water partition coefficient (Wildman–Crippen LogP) is 3.78. The van der Waals surface area contributed by atoms with Crippen molar-refractivity contribution in [3.8, 4) is 11.3 Å². The number of carbonyl (C=O) groups excluding carboxylic acids is 2. The fraction of sp³-hybridized carbons (Fsp3) is 0.421. The van der Waals surface area contributed by atoms with E-state index in [4.69, 9.17) is 0 Å². The normalized spacial score (nSPS) is 15.3. The van der Waals surface area contributed by atoms with Gasteiger partial charge in [-0.2, -0.15) is 0 Å². The Labute approximate surface area is 156 Å². The van der Waals surface area contributed by atoms with Gasteiger partial charge in [0.05, 0.1) is 5.69 Å². The maximum Gasteiger partial charge on any atom is 0.229 e. The molecule has 1 aromatic carbocycles. The van der Waals surface area contributed by atoms with Crippen LogP contribution in [0.1, 0.15) is 26.7 Å². The van der Waals surface area contributed by atoms with Gasteiger partial charge in [-0.3, -0.25) is 9.59 Å². The minimum atomic E-state index is -0.292. The van der Waals surface area contributed by atoms with Crippen LogP contribution in [-0.2, 0) is 9.59 Å². The monoisotopic (exact) mass is 375 g/mol. The molecule has 1 aliphatic rings. The molecule has 0 unspecified atom stereocenters. The van der Waals surface area contributed by atoms with Crippen molar-refractivity contribution >= 4 is 28.3 Å². The van der Waals surface area contributed by atoms with Crippen LogP contribution >= 0.6 is 11.3 Å². The van der Waals surface area contributed by atoms with Crippen molar-refractivity contribution in [2.24, 2.45) is 11.8 Å². The summed E-state index contributed by atoms with van der Waals surface area (Å²) in [7, 11) is 0. The van der Waals surface area contributed by atoms with Gasteiger partial charge in [-0.05, 0) is 37.1 Å². The van der Waals surface area contributed by atoms with Gasteiger partial charge < -0.3 is 10.2 Å². The molecule has 0 saturated carbocycles. The van der Waals surface area contributed by atoms with Crippen LogP contribution in [-0.4, -0.2) is 34.8 Å². The van der Waals surface area contributed by atoms with Crippen molar-refractivity contribution < 1.29 is 14.0 Å². The third-order valence-corrected chi connectivity index (χ3v) is 5.30. The Morgan fingerprint density at radius 2 is 1.88 bits per heavy atom. The fourth-order valence-electron chi connectivity index (χ4n) is 3.02. The van der Waals surface area contributed by atoms with Gasteiger partial charge in [0, 0.05) is 35.9 Å². The molecule has 0 spiro atoms. The highest BCUT2D eigenvalue weighted by atomic mass is 32.1. The Morgan fingerprint density at radius 1 is 1.23 bits per heavy atom. The first-order valence-electron chi connectivity index (χ1n) is 8.75. The average Bonchev–Trinajstić information content (AvgIpc) is 3.10. The van der Waals surface area contributed by atoms with E-state index in [0.29, 0.717) is 36.8 Å². The molecule has 1 aromatic heterocycles. The Kier molecular flexibility index (Phi) is 5.66. The van der Waals surface area contributed by atoms with E-state index >= 15 is 0 Å². The summed E-state index contributed by atoms with van der Waals surface area (Å²) in [5.41, 5.74) is 1.52. The smallest absolute Gasteiger partial charge is 0.229 e. The average molecular weight is 375 g/mol. The maximum absolute atomic E-state index is 13.0. The Hall–Kier alpha value is -2.28. The van der Waals surface area contributed by atoms with Gasteiger partial charge in [0.2, 0.25) is 11.8 Å². The number of nitrogens with zero attached hydrogens (tertiary/aromatic N) is 2. The molecule has 0 atom stereocenters. The molecular weight excluding hydrogens is 353 g/mol. The molecule has 0 radical (unpaired) electrons. The van der Waals surface area contributed by atoms with Crippen LogP contribution in [0, 0.1) is 17.7 Å². The van der Waals surface area contributed by atoms with Crippen LogP contribution in [0.4, 0.5) is 9.52 Å². The fourth-order valence-corrected chi connectivity index (χ4v) is 3.74. The molecule has 2 heterocycles. The minimum Gasteiger partial charge on any atom is -0.342 e. The third-order valence-electron chi connectivity index (χ3n) is 4.55. The third kappa shape index (κ3) is 4.27. The summed E-state index contributed by atoms with van der Waals surface area (Å²) in [6.07, 6.45) is 1.33. The Bertz CT molecular complexity index is 780. The summed E-state index contributed by atoms with van der Waals surface area (Å²) in [6, 6.07) is 6.10. The number of anilines is 1. The van der Waals surface area contributed by atoms with Crippen molar-refractivity contribution in [1.82, 2.24) is 9.88 Å². The molecule has 138 valence electrons. The molecule has 2 aromatic rings. The largest absolute Gasteiger partial charge is 0.342 e. The molecule has 26 heavy (non-hydrogen) atoms. The van der Waals surface area contributed by atoms with Gasteiger partial charge in [0.15, 0.2) is 5.13 Å². The van der Waals surface area contributed by atoms with E-state index in [1.807, 2.05) is 24.1 Å². The van der Waals surface area contributed by atoms with E-state index in [9.17, 15) is 14.0 Å². The van der Waals surface area contributed by atoms with Crippen LogP contribution in [0.15, 0.2) is 29.6 Å². The van der Waals surface area contributed by atoms with Crippen LogP contribution in [0.5, 0.6) is 0 Å². The van der Waals surface area contributed by atoms with E-state index in [-0.39, 0.29) is 29.5 Å². The van der Waals surface area contributed by atoms with E-state index in [1.165, 1.54) is 23.5 Å². The number of benzene rings is 1. The number of thiazole rings is 1. The summed E-state index contributed by atoms with van der Waals surface area (Å²) in [5, 5.41) is 5.25. The molecule has 1 saturated heterocycles. The number of amides is 2. The summed E-state index contributed by atoms with van der Waals surface area (Å²) in [6.45, 7) is 5.02. The second-order valence-electron chi connectivity index (χ2n) is 6.79. The predicted molar refractivity (Wildman–Crippen MR) is 100 cm³/mol. The highest BCUT2D eigenvalue weighted by Gasteiger charge is 2.28. The zero-order valence-corrected chi connectivity index (χ0v) is 15.7. The number of hydrogen-bond acceptors (Lipinski definition) is 4. The lowest BCUT2D eigenvalue weighted by Gasteiger charge is -2.32. The number of halogens is 1. The SMILES string of the molecule is CC(C)C(=O)N1CCC(C(=O)Nc2nc(-c3ccc(F)cc3)cs2)CC1. The van der Waals surface area contributed by atoms with Gasteiger partial charge in [-0.25, -0.2) is 9.37 Å². The van der Waals surface area contributed by atoms with E-state index < -0.39 is 0 Å². The summed E-state index contributed by atoms with van der Waals surface area (Å²) >= 11 is 1.35. The van der Waals surface area contributed by atoms with E-state index in [2.05, 4.69) is 10.3 Å². The first-order valence-corrected chi connectivity index (χ1v) is 9.63. The molecule has 5 nitrogen and oxygen atoms in total. The van der Waals surface area contributed by atoms with Crippen LogP contribution < -0.4 is 5.32 Å². The topological polar surface area (TPSA) is 62.3 Å². The number of rotatable bonds is 4. The Balaban J connectivity index is 1.56. The van der Waals surface area contributed by atoms with Crippen LogP contribution in [0.25, 0.3) is 11.3 Å². The molecule has 1 fully saturated rings. The summed E-state index contributed by atoms with van der Waals surface area (Å²) < 4.78 is 13.0. The zero-order chi connectivity index (χ0) is 18.7. The molecular formula is C19H22FN3O2S. The lowest BCUT2D eigenvalue weighted by Crippen LogP contribution is -2.43. The minimum absolute atomic E-state index is 0.0134. The van der Waals surface area contributed by atoms with Crippen molar-refractivity contribution in [1.29, 1.82) is 0 Å². The highest BCUT2D eigenvalue weighted by molar-refractivity contribution is 7.14. The van der Waals surface area contributed by atoms with Gasteiger partial charge in [0.25, 0.3) is 0 Å². The molecule has 0 aliphatic carbocycles. The second-order valence-corrected chi connectivity index (χ2v) is 7.65. The molecule has 0 bridgehead atoms. The maximum atomic E-state index is 13.0. The first kappa shape index (κ1) is 18.5. The number of piperidine rings is 1. The zero-order valence-electron chi connectivity index (χ0n) is 14.9. The lowest BCUT2D eigenvalue weighted by molar-refractivity contribution is -0.137. The van der Waals surface area contributed by atoms with E-state index in [1.54, 1.807) is 12.1 Å². The second kappa shape index (κ2) is 7.95. The highest BCUT2D eigenvalue weighted by Crippen LogP contribution is 2.26. The molecule has 2 amide bonds. The molecule has 3 rings (SSSR count). The number of aromatic nitrogens is 1. The van der Waals surface area contributed by atoms with Gasteiger partial charge in [0.1, 0.15) is 5.82 Å². The molecule has 1 N–H and O–H groups in total. The van der Waals surface area contributed by atoms with Crippen molar-refractivity contribution in [2.75, 3.05) is 18.4 Å². The molecule has 7 heteroatoms. The number of likely N-dealkylation sites (tertiary alicyclic amines) is 1. The van der Waals surface area contributed by atoms with Crippen molar-refractivity contribution in [3.63, 3.8) is 0 Å². The standard InChI is InChI=1S/C19H22FN3O2S/c1-12(2)18(25)23-9-7-14(8-10-23)17(24)22-19-21-16(11-26-19)13-3-5-15(20)6-4-13/h3-6,11-12,14H,7-10H2,1-2H3,(H,21,22,24). The first-order chi connectivity index (χ1) is 12.4. The van der Waals surface area contributed by atoms with Gasteiger partial charge in [-0.1, -0.05) is 13.8 Å². The Morgan fingerprint density at radius 3 is 2.50 bits per heavy atom. The van der Waals surface area contributed by atoms with Crippen LogP contribution in [0.3, 0.4) is 0 Å². The van der Waals surface area contributed by atoms with Gasteiger partial charge in [-0.15, -0.1) is 11.3 Å². The van der Waals surface area contributed by atoms with Crippen molar-refractivity contribution in [2.45, 2.75) is 26.7 Å². The van der Waals surface area contributed by atoms with E-state index in [0.717, 1.165) is 5.56 Å². The lowest BCUT2D eigenvalue weighted by atomic mass is 9.95. The number of carbonyl (C=O) groups is 2. The quantitative estimate of drug-likeness (QED) is 0.885. The van der Waals surface area contributed by atoms with Crippen molar-refractivity contribution in [3.05, 3.63) is 35.5 Å². The summed E-state index contributed by atoms with van der Waals surface area (Å²) in [4.78, 5) is 30.7. The van der Waals surface area contributed by atoms with Gasteiger partial charge >= 0.3 is 0 Å². The molecule has 1 aliphatic heterocycles. The number of hydrogen-bond donors (Lipinski definition) is 1. The summed E-state index contributed by atoms with van der Waals surface area (Å²) in [5.74, 6) is -0.320. The number of nitrogens with one attached hydrogen (secondary N) is 1.